The highest BCUT2D eigenvalue weighted by Crippen LogP contribution is 2.89. The van der Waals surface area contributed by atoms with Crippen molar-refractivity contribution in [2.24, 2.45) is 56.7 Å². The standard InChI is InChI=1S/C42H67NO8/c1-24-18-27(36(38(4,5)46)51-31(44)19-25-8-9-25)49-34-33(24)39(6)14-15-42-23-41(42)13-12-30(50-32-20-43(16-17-48-32)26-21-47-22-26)37(2,3)28(41)10-11-29(42)40(39,7)35(34)45/h24-30,32-36,45-46H,8-23H2,1-7H3. The zero-order valence-corrected chi connectivity index (χ0v) is 32.5. The van der Waals surface area contributed by atoms with E-state index in [1.54, 1.807) is 13.8 Å². The van der Waals surface area contributed by atoms with Crippen molar-refractivity contribution in [2.75, 3.05) is 32.9 Å². The lowest BCUT2D eigenvalue weighted by molar-refractivity contribution is -0.256. The molecule has 51 heavy (non-hydrogen) atoms. The van der Waals surface area contributed by atoms with E-state index in [1.165, 1.54) is 25.7 Å². The van der Waals surface area contributed by atoms with Gasteiger partial charge in [0.2, 0.25) is 0 Å². The second-order valence-corrected chi connectivity index (χ2v) is 20.9. The second kappa shape index (κ2) is 11.8. The molecular weight excluding hydrogens is 646 g/mol. The number of rotatable bonds is 8. The molecule has 2 spiro atoms. The molecule has 0 bridgehead atoms. The Morgan fingerprint density at radius 1 is 1.00 bits per heavy atom. The number of hydrogen-bond acceptors (Lipinski definition) is 9. The third-order valence-electron chi connectivity index (χ3n) is 17.7. The van der Waals surface area contributed by atoms with Crippen molar-refractivity contribution < 1.29 is 38.7 Å². The number of carbonyl (C=O) groups excluding carboxylic acids is 1. The number of nitrogens with zero attached hydrogens (tertiary/aromatic N) is 1. The van der Waals surface area contributed by atoms with E-state index in [4.69, 9.17) is 23.7 Å². The number of carbonyl (C=O) groups is 1. The Bertz CT molecular complexity index is 1370. The van der Waals surface area contributed by atoms with Gasteiger partial charge in [-0.3, -0.25) is 9.69 Å². The molecule has 0 aromatic rings. The van der Waals surface area contributed by atoms with E-state index in [0.717, 1.165) is 71.4 Å². The highest BCUT2D eigenvalue weighted by molar-refractivity contribution is 5.70. The molecule has 14 atom stereocenters. The lowest BCUT2D eigenvalue weighted by Crippen LogP contribution is -2.60. The molecule has 0 aromatic carbocycles. The van der Waals surface area contributed by atoms with Gasteiger partial charge in [-0.15, -0.1) is 0 Å². The van der Waals surface area contributed by atoms with Crippen molar-refractivity contribution >= 4 is 5.97 Å². The normalized spacial score (nSPS) is 51.2. The number of ether oxygens (including phenoxy) is 5. The summed E-state index contributed by atoms with van der Waals surface area (Å²) in [7, 11) is 0. The molecule has 0 radical (unpaired) electrons. The fourth-order valence-corrected chi connectivity index (χ4v) is 14.8. The zero-order chi connectivity index (χ0) is 35.9. The maximum absolute atomic E-state index is 12.9. The first-order valence-corrected chi connectivity index (χ1v) is 20.9. The average Bonchev–Trinajstić information content (AvgIpc) is 3.95. The Labute approximate surface area is 306 Å². The van der Waals surface area contributed by atoms with Crippen LogP contribution in [-0.4, -0.2) is 102 Å². The summed E-state index contributed by atoms with van der Waals surface area (Å²) in [5, 5.41) is 24.0. The molecule has 9 aliphatic rings. The summed E-state index contributed by atoms with van der Waals surface area (Å²) < 4.78 is 31.7. The minimum absolute atomic E-state index is 0.0492. The smallest absolute Gasteiger partial charge is 0.306 e. The van der Waals surface area contributed by atoms with Crippen LogP contribution in [0.5, 0.6) is 0 Å². The van der Waals surface area contributed by atoms with Crippen molar-refractivity contribution in [3.05, 3.63) is 0 Å². The Hall–Kier alpha value is -0.810. The SMILES string of the molecule is CC1CC(C(OC(=O)CC2CC2)C(C)(C)O)OC2C1C1(C)CCC34CC35CCC(OC3CN(C6COC6)CCO3)C(C)(C)C5CCC4C1(C)C2O. The molecule has 0 amide bonds. The second-order valence-electron chi connectivity index (χ2n) is 20.9. The molecule has 3 saturated heterocycles. The Balaban J connectivity index is 0.938. The molecule has 9 nitrogen and oxygen atoms in total. The van der Waals surface area contributed by atoms with Gasteiger partial charge in [-0.25, -0.2) is 0 Å². The number of aliphatic hydroxyl groups is 2. The van der Waals surface area contributed by atoms with Crippen LogP contribution in [0.15, 0.2) is 0 Å². The number of fused-ring (bicyclic) bond motifs is 4. The predicted molar refractivity (Wildman–Crippen MR) is 190 cm³/mol. The third-order valence-corrected chi connectivity index (χ3v) is 17.7. The van der Waals surface area contributed by atoms with Crippen LogP contribution in [0.3, 0.4) is 0 Å². The molecule has 288 valence electrons. The van der Waals surface area contributed by atoms with Gasteiger partial charge < -0.3 is 33.9 Å². The molecule has 2 N–H and O–H groups in total. The van der Waals surface area contributed by atoms with Gasteiger partial charge in [0.25, 0.3) is 0 Å². The van der Waals surface area contributed by atoms with E-state index in [0.29, 0.717) is 35.6 Å². The highest BCUT2D eigenvalue weighted by atomic mass is 16.7. The van der Waals surface area contributed by atoms with Crippen molar-refractivity contribution in [1.82, 2.24) is 4.90 Å². The topological polar surface area (TPSA) is 107 Å². The largest absolute Gasteiger partial charge is 0.457 e. The van der Waals surface area contributed by atoms with Gasteiger partial charge in [-0.1, -0.05) is 34.6 Å². The summed E-state index contributed by atoms with van der Waals surface area (Å²) in [6.07, 6.45) is 9.42. The quantitative estimate of drug-likeness (QED) is 0.306. The van der Waals surface area contributed by atoms with Gasteiger partial charge in [-0.05, 0) is 129 Å². The van der Waals surface area contributed by atoms with Gasteiger partial charge in [-0.2, -0.15) is 0 Å². The molecule has 9 heteroatoms. The number of morpholine rings is 1. The Morgan fingerprint density at radius 2 is 1.73 bits per heavy atom. The minimum atomic E-state index is -1.24. The van der Waals surface area contributed by atoms with Crippen LogP contribution in [0.2, 0.25) is 0 Å². The molecule has 14 unspecified atom stereocenters. The van der Waals surface area contributed by atoms with Gasteiger partial charge in [0, 0.05) is 18.4 Å². The van der Waals surface area contributed by atoms with Crippen LogP contribution in [-0.2, 0) is 28.5 Å². The lowest BCUT2D eigenvalue weighted by Gasteiger charge is -2.64. The molecule has 6 aliphatic carbocycles. The van der Waals surface area contributed by atoms with Crippen molar-refractivity contribution in [3.63, 3.8) is 0 Å². The van der Waals surface area contributed by atoms with E-state index in [-0.39, 0.29) is 58.0 Å². The van der Waals surface area contributed by atoms with E-state index >= 15 is 0 Å². The molecule has 9 fully saturated rings. The molecule has 3 aliphatic heterocycles. The summed E-state index contributed by atoms with van der Waals surface area (Å²) in [6.45, 7) is 19.8. The number of esters is 1. The van der Waals surface area contributed by atoms with Crippen LogP contribution in [0, 0.1) is 56.7 Å². The first kappa shape index (κ1) is 35.9. The van der Waals surface area contributed by atoms with E-state index in [1.807, 2.05) is 0 Å². The van der Waals surface area contributed by atoms with Crippen LogP contribution >= 0.6 is 0 Å². The first-order valence-electron chi connectivity index (χ1n) is 20.9. The molecule has 3 heterocycles. The van der Waals surface area contributed by atoms with Crippen molar-refractivity contribution in [1.29, 1.82) is 0 Å². The molecular formula is C42H67NO8. The Kier molecular flexibility index (Phi) is 8.33. The van der Waals surface area contributed by atoms with Crippen LogP contribution in [0.4, 0.5) is 0 Å². The van der Waals surface area contributed by atoms with Crippen LogP contribution in [0.25, 0.3) is 0 Å². The predicted octanol–water partition coefficient (Wildman–Crippen LogP) is 5.72. The fourth-order valence-electron chi connectivity index (χ4n) is 14.8. The van der Waals surface area contributed by atoms with Gasteiger partial charge in [0.1, 0.15) is 0 Å². The van der Waals surface area contributed by atoms with E-state index in [2.05, 4.69) is 39.5 Å². The lowest BCUT2D eigenvalue weighted by atomic mass is 9.41. The third kappa shape index (κ3) is 5.13. The summed E-state index contributed by atoms with van der Waals surface area (Å²) in [6, 6.07) is 0.508. The van der Waals surface area contributed by atoms with Crippen molar-refractivity contribution in [3.8, 4) is 0 Å². The summed E-state index contributed by atoms with van der Waals surface area (Å²) in [4.78, 5) is 15.4. The molecule has 9 rings (SSSR count). The zero-order valence-electron chi connectivity index (χ0n) is 32.5. The Morgan fingerprint density at radius 3 is 2.41 bits per heavy atom. The summed E-state index contributed by atoms with van der Waals surface area (Å²) in [5.74, 6) is 1.74. The summed E-state index contributed by atoms with van der Waals surface area (Å²) in [5.41, 5.74) is -0.932. The highest BCUT2D eigenvalue weighted by Gasteiger charge is 2.84. The fraction of sp³-hybridized carbons (Fsp3) is 0.976. The van der Waals surface area contributed by atoms with Crippen molar-refractivity contribution in [2.45, 2.75) is 168 Å². The van der Waals surface area contributed by atoms with Gasteiger partial charge >= 0.3 is 5.97 Å². The van der Waals surface area contributed by atoms with Gasteiger partial charge in [0.15, 0.2) is 12.4 Å². The number of aliphatic hydroxyl groups excluding tert-OH is 1. The monoisotopic (exact) mass is 713 g/mol. The summed E-state index contributed by atoms with van der Waals surface area (Å²) >= 11 is 0. The number of hydrogen-bond donors (Lipinski definition) is 2. The van der Waals surface area contributed by atoms with Gasteiger partial charge in [0.05, 0.1) is 62.4 Å². The van der Waals surface area contributed by atoms with E-state index in [9.17, 15) is 15.0 Å². The maximum Gasteiger partial charge on any atom is 0.306 e. The minimum Gasteiger partial charge on any atom is -0.457 e. The first-order chi connectivity index (χ1) is 24.0. The molecule has 0 aromatic heterocycles. The maximum atomic E-state index is 12.9. The molecule has 6 saturated carbocycles. The average molecular weight is 714 g/mol. The van der Waals surface area contributed by atoms with Crippen LogP contribution in [0.1, 0.15) is 119 Å². The van der Waals surface area contributed by atoms with Crippen LogP contribution < -0.4 is 0 Å². The van der Waals surface area contributed by atoms with E-state index < -0.39 is 23.9 Å².